The van der Waals surface area contributed by atoms with E-state index in [4.69, 9.17) is 11.6 Å². The third-order valence-electron chi connectivity index (χ3n) is 1.49. The highest BCUT2D eigenvalue weighted by Gasteiger charge is 2.01. The van der Waals surface area contributed by atoms with Crippen LogP contribution in [0.15, 0.2) is 0 Å². The molecule has 11 heavy (non-hydrogen) atoms. The van der Waals surface area contributed by atoms with Gasteiger partial charge in [-0.15, -0.1) is 11.6 Å². The first-order valence-electron chi connectivity index (χ1n) is 3.66. The maximum Gasteiger partial charge on any atom is 0.147 e. The summed E-state index contributed by atoms with van der Waals surface area (Å²) in [6.07, 6.45) is 1.88. The van der Waals surface area contributed by atoms with Gasteiger partial charge in [0, 0.05) is 19.3 Å². The minimum Gasteiger partial charge on any atom is -0.253 e. The molecule has 0 aliphatic rings. The summed E-state index contributed by atoms with van der Waals surface area (Å²) in [7, 11) is 1.91. The molecule has 62 valence electrons. The summed E-state index contributed by atoms with van der Waals surface area (Å²) in [4.78, 5) is 4.24. The summed E-state index contributed by atoms with van der Waals surface area (Å²) in [6.45, 7) is 1.89. The van der Waals surface area contributed by atoms with E-state index in [1.807, 2.05) is 18.7 Å². The van der Waals surface area contributed by atoms with Crippen molar-refractivity contribution >= 4 is 11.6 Å². The van der Waals surface area contributed by atoms with Crippen molar-refractivity contribution in [3.63, 3.8) is 0 Å². The topological polar surface area (TPSA) is 30.7 Å². The number of nitrogens with zero attached hydrogens (tertiary/aromatic N) is 3. The molecule has 0 radical (unpaired) electrons. The van der Waals surface area contributed by atoms with Crippen molar-refractivity contribution in [1.29, 1.82) is 0 Å². The van der Waals surface area contributed by atoms with Crippen LogP contribution < -0.4 is 0 Å². The summed E-state index contributed by atoms with van der Waals surface area (Å²) < 4.78 is 1.81. The van der Waals surface area contributed by atoms with E-state index >= 15 is 0 Å². The summed E-state index contributed by atoms with van der Waals surface area (Å²) in [5.41, 5.74) is 0. The Balaban J connectivity index is 2.62. The predicted molar refractivity (Wildman–Crippen MR) is 44.8 cm³/mol. The van der Waals surface area contributed by atoms with E-state index in [-0.39, 0.29) is 0 Å². The lowest BCUT2D eigenvalue weighted by atomic mass is 10.3. The molecule has 0 aliphatic heterocycles. The Morgan fingerprint density at radius 3 is 2.73 bits per heavy atom. The Morgan fingerprint density at radius 1 is 1.55 bits per heavy atom. The maximum atomic E-state index is 5.55. The summed E-state index contributed by atoms with van der Waals surface area (Å²) in [5, 5.41) is 4.13. The second-order valence-corrected chi connectivity index (χ2v) is 2.87. The number of alkyl halides is 1. The van der Waals surface area contributed by atoms with Crippen LogP contribution in [0.1, 0.15) is 18.1 Å². The molecule has 1 rings (SSSR count). The molecule has 1 aromatic rings. The highest BCUT2D eigenvalue weighted by Crippen LogP contribution is 2.00. The van der Waals surface area contributed by atoms with Crippen molar-refractivity contribution in [2.45, 2.75) is 19.8 Å². The number of hydrogen-bond donors (Lipinski definition) is 0. The standard InChI is InChI=1S/C7H12ClN3/c1-6-9-7(4-3-5-8)11(2)10-6/h3-5H2,1-2H3. The molecule has 0 N–H and O–H groups in total. The molecule has 0 aromatic carbocycles. The molecule has 0 saturated carbocycles. The van der Waals surface area contributed by atoms with Crippen molar-refractivity contribution in [2.75, 3.05) is 5.88 Å². The van der Waals surface area contributed by atoms with Gasteiger partial charge in [-0.2, -0.15) is 5.10 Å². The molecule has 1 aromatic heterocycles. The van der Waals surface area contributed by atoms with Crippen LogP contribution in [-0.2, 0) is 13.5 Å². The van der Waals surface area contributed by atoms with Crippen LogP contribution in [0.4, 0.5) is 0 Å². The van der Waals surface area contributed by atoms with E-state index in [1.165, 1.54) is 0 Å². The lowest BCUT2D eigenvalue weighted by Crippen LogP contribution is -1.99. The van der Waals surface area contributed by atoms with Crippen LogP contribution in [0.2, 0.25) is 0 Å². The molecule has 4 heteroatoms. The highest BCUT2D eigenvalue weighted by atomic mass is 35.5. The molecule has 1 heterocycles. The van der Waals surface area contributed by atoms with Gasteiger partial charge in [-0.1, -0.05) is 0 Å². The molecule has 0 fully saturated rings. The highest BCUT2D eigenvalue weighted by molar-refractivity contribution is 6.17. The maximum absolute atomic E-state index is 5.55. The lowest BCUT2D eigenvalue weighted by molar-refractivity contribution is 0.685. The van der Waals surface area contributed by atoms with Crippen molar-refractivity contribution in [2.24, 2.45) is 7.05 Å². The fraction of sp³-hybridized carbons (Fsp3) is 0.714. The van der Waals surface area contributed by atoms with Crippen LogP contribution in [0.25, 0.3) is 0 Å². The zero-order valence-electron chi connectivity index (χ0n) is 6.84. The van der Waals surface area contributed by atoms with Crippen molar-refractivity contribution in [1.82, 2.24) is 14.8 Å². The molecule has 0 aliphatic carbocycles. The van der Waals surface area contributed by atoms with Gasteiger partial charge >= 0.3 is 0 Å². The van der Waals surface area contributed by atoms with Gasteiger partial charge in [0.05, 0.1) is 0 Å². The van der Waals surface area contributed by atoms with Gasteiger partial charge in [0.15, 0.2) is 0 Å². The smallest absolute Gasteiger partial charge is 0.147 e. The molecule has 0 saturated heterocycles. The van der Waals surface area contributed by atoms with Crippen LogP contribution in [0.3, 0.4) is 0 Å². The summed E-state index contributed by atoms with van der Waals surface area (Å²) in [5.74, 6) is 2.53. The van der Waals surface area contributed by atoms with Gasteiger partial charge in [-0.25, -0.2) is 4.98 Å². The summed E-state index contributed by atoms with van der Waals surface area (Å²) in [6, 6.07) is 0. The third-order valence-corrected chi connectivity index (χ3v) is 1.76. The van der Waals surface area contributed by atoms with E-state index in [2.05, 4.69) is 10.1 Å². The number of rotatable bonds is 3. The van der Waals surface area contributed by atoms with E-state index in [1.54, 1.807) is 0 Å². The van der Waals surface area contributed by atoms with Crippen molar-refractivity contribution in [3.8, 4) is 0 Å². The molecule has 0 atom stereocenters. The van der Waals surface area contributed by atoms with Crippen LogP contribution in [0.5, 0.6) is 0 Å². The minimum atomic E-state index is 0.686. The first kappa shape index (κ1) is 8.53. The van der Waals surface area contributed by atoms with Crippen molar-refractivity contribution in [3.05, 3.63) is 11.6 Å². The quantitative estimate of drug-likeness (QED) is 0.646. The molecule has 3 nitrogen and oxygen atoms in total. The molecule has 0 bridgehead atoms. The van der Waals surface area contributed by atoms with E-state index in [0.717, 1.165) is 24.5 Å². The van der Waals surface area contributed by atoms with Crippen LogP contribution in [0, 0.1) is 6.92 Å². The zero-order valence-corrected chi connectivity index (χ0v) is 7.60. The van der Waals surface area contributed by atoms with E-state index in [9.17, 15) is 0 Å². The largest absolute Gasteiger partial charge is 0.253 e. The van der Waals surface area contributed by atoms with Gasteiger partial charge in [-0.3, -0.25) is 4.68 Å². The fourth-order valence-corrected chi connectivity index (χ4v) is 1.13. The summed E-state index contributed by atoms with van der Waals surface area (Å²) >= 11 is 5.55. The fourth-order valence-electron chi connectivity index (χ4n) is 0.999. The van der Waals surface area contributed by atoms with Gasteiger partial charge in [-0.05, 0) is 13.3 Å². The Hall–Kier alpha value is -0.570. The van der Waals surface area contributed by atoms with Gasteiger partial charge in [0.1, 0.15) is 11.6 Å². The van der Waals surface area contributed by atoms with Gasteiger partial charge in [0.2, 0.25) is 0 Å². The van der Waals surface area contributed by atoms with Gasteiger partial charge in [0.25, 0.3) is 0 Å². The number of halogens is 1. The molecule has 0 amide bonds. The second-order valence-electron chi connectivity index (χ2n) is 2.49. The predicted octanol–water partition coefficient (Wildman–Crippen LogP) is 1.29. The molecule has 0 unspecified atom stereocenters. The average molecular weight is 174 g/mol. The van der Waals surface area contributed by atoms with E-state index < -0.39 is 0 Å². The molecular weight excluding hydrogens is 162 g/mol. The Morgan fingerprint density at radius 2 is 2.27 bits per heavy atom. The zero-order chi connectivity index (χ0) is 8.27. The normalized spacial score (nSPS) is 10.5. The second kappa shape index (κ2) is 3.72. The first-order valence-corrected chi connectivity index (χ1v) is 4.20. The van der Waals surface area contributed by atoms with E-state index in [0.29, 0.717) is 5.88 Å². The SMILES string of the molecule is Cc1nc(CCCCl)n(C)n1. The van der Waals surface area contributed by atoms with Crippen LogP contribution >= 0.6 is 11.6 Å². The third kappa shape index (κ3) is 2.19. The number of aromatic nitrogens is 3. The molecular formula is C7H12ClN3. The van der Waals surface area contributed by atoms with Crippen LogP contribution in [-0.4, -0.2) is 20.6 Å². The Labute approximate surface area is 71.4 Å². The van der Waals surface area contributed by atoms with Gasteiger partial charge < -0.3 is 0 Å². The Kier molecular flexibility index (Phi) is 2.88. The number of aryl methyl sites for hydroxylation is 3. The monoisotopic (exact) mass is 173 g/mol. The van der Waals surface area contributed by atoms with Crippen molar-refractivity contribution < 1.29 is 0 Å². The lowest BCUT2D eigenvalue weighted by Gasteiger charge is -1.95. The number of hydrogen-bond acceptors (Lipinski definition) is 2. The molecule has 0 spiro atoms. The minimum absolute atomic E-state index is 0.686. The Bertz CT molecular complexity index is 232. The average Bonchev–Trinajstić information content (AvgIpc) is 2.26. The first-order chi connectivity index (χ1) is 5.24.